The van der Waals surface area contributed by atoms with Crippen LogP contribution < -0.4 is 5.32 Å². The predicted octanol–water partition coefficient (Wildman–Crippen LogP) is -1.78. The van der Waals surface area contributed by atoms with Crippen molar-refractivity contribution < 1.29 is 41.6 Å². The minimum atomic E-state index is -1.58. The summed E-state index contributed by atoms with van der Waals surface area (Å²) in [6.45, 7) is 0. The third-order valence-corrected chi connectivity index (χ3v) is 6.04. The van der Waals surface area contributed by atoms with Gasteiger partial charge in [0, 0.05) is 88.3 Å². The van der Waals surface area contributed by atoms with E-state index in [1.54, 1.807) is 0 Å². The van der Waals surface area contributed by atoms with Crippen LogP contribution in [0.2, 0.25) is 0 Å². The van der Waals surface area contributed by atoms with Gasteiger partial charge in [-0.05, 0) is 6.42 Å². The molecule has 1 amide bonds. The van der Waals surface area contributed by atoms with Crippen molar-refractivity contribution in [1.29, 1.82) is 0 Å². The second kappa shape index (κ2) is 14.7. The second-order valence-electron chi connectivity index (χ2n) is 6.18. The first-order valence-electron chi connectivity index (χ1n) is 8.68. The normalized spacial score (nSPS) is 17.3. The van der Waals surface area contributed by atoms with Gasteiger partial charge in [-0.2, -0.15) is 0 Å². The molecule has 0 spiro atoms. The topological polar surface area (TPSA) is 153 Å². The van der Waals surface area contributed by atoms with Gasteiger partial charge in [0.25, 0.3) is 5.91 Å². The third-order valence-electron chi connectivity index (χ3n) is 3.60. The van der Waals surface area contributed by atoms with Crippen LogP contribution >= 0.6 is 0 Å². The molecule has 170 valence electrons. The zero-order valence-corrected chi connectivity index (χ0v) is 19.4. The number of amides is 1. The molecule has 0 aliphatic rings. The lowest BCUT2D eigenvalue weighted by atomic mass is 10.2. The molecule has 6 atom stereocenters. The van der Waals surface area contributed by atoms with Gasteiger partial charge in [0.1, 0.15) is 0 Å². The fourth-order valence-electron chi connectivity index (χ4n) is 2.01. The van der Waals surface area contributed by atoms with E-state index in [1.807, 2.05) is 0 Å². The largest absolute Gasteiger partial charge is 0.449 e. The first kappa shape index (κ1) is 27.8. The molecule has 0 aromatic rings. The van der Waals surface area contributed by atoms with Crippen molar-refractivity contribution in [2.24, 2.45) is 0 Å². The van der Waals surface area contributed by atoms with E-state index in [4.69, 9.17) is 9.47 Å². The van der Waals surface area contributed by atoms with Crippen molar-refractivity contribution >= 4 is 50.2 Å². The fraction of sp³-hybridized carbons (Fsp3) is 0.812. The average Bonchev–Trinajstić information content (AvgIpc) is 2.64. The Balaban J connectivity index is 5.18. The Morgan fingerprint density at radius 1 is 0.793 bits per heavy atom. The summed E-state index contributed by atoms with van der Waals surface area (Å²) < 4.78 is 43.9. The molecule has 0 heterocycles. The highest BCUT2D eigenvalue weighted by molar-refractivity contribution is 7.84. The predicted molar refractivity (Wildman–Crippen MR) is 110 cm³/mol. The second-order valence-corrected chi connectivity index (χ2v) is 10.8. The molecule has 13 heteroatoms. The molecule has 0 saturated carbocycles. The van der Waals surface area contributed by atoms with Crippen molar-refractivity contribution in [2.75, 3.05) is 43.1 Å². The highest BCUT2D eigenvalue weighted by Crippen LogP contribution is 2.11. The maximum Gasteiger partial charge on any atom is 0.348 e. The van der Waals surface area contributed by atoms with Crippen molar-refractivity contribution in [2.45, 2.75) is 37.6 Å². The number of carbonyl (C=O) groups is 3. The van der Waals surface area contributed by atoms with Crippen molar-refractivity contribution in [3.8, 4) is 0 Å². The van der Waals surface area contributed by atoms with Gasteiger partial charge >= 0.3 is 11.9 Å². The molecule has 0 aromatic heterocycles. The molecule has 0 aliphatic heterocycles. The molecule has 0 bridgehead atoms. The number of aliphatic hydroxyl groups is 1. The van der Waals surface area contributed by atoms with E-state index in [-0.39, 0.29) is 36.5 Å². The first-order chi connectivity index (χ1) is 13.5. The number of aliphatic hydroxyl groups excluding tert-OH is 1. The van der Waals surface area contributed by atoms with Crippen LogP contribution in [-0.2, 0) is 56.3 Å². The Bertz CT molecular complexity index is 641. The van der Waals surface area contributed by atoms with Gasteiger partial charge in [-0.15, -0.1) is 0 Å². The number of hydrogen-bond donors (Lipinski definition) is 2. The highest BCUT2D eigenvalue weighted by atomic mass is 32.2. The fourth-order valence-corrected chi connectivity index (χ4v) is 3.65. The maximum atomic E-state index is 12.5. The molecule has 0 aromatic carbocycles. The van der Waals surface area contributed by atoms with Gasteiger partial charge in [-0.25, -0.2) is 9.59 Å². The summed E-state index contributed by atoms with van der Waals surface area (Å²) in [5, 5.41) is 12.1. The van der Waals surface area contributed by atoms with Crippen LogP contribution in [0.15, 0.2) is 0 Å². The highest BCUT2D eigenvalue weighted by Gasteiger charge is 2.31. The summed E-state index contributed by atoms with van der Waals surface area (Å²) in [5.74, 6) is -2.56. The number of likely N-dealkylation sites (N-methyl/N-ethyl adjacent to an activating group) is 1. The summed E-state index contributed by atoms with van der Waals surface area (Å²) in [6.07, 6.45) is -0.305. The van der Waals surface area contributed by atoms with Gasteiger partial charge in [0.15, 0.2) is 18.3 Å². The van der Waals surface area contributed by atoms with E-state index in [9.17, 15) is 32.1 Å². The summed E-state index contributed by atoms with van der Waals surface area (Å²) in [5.41, 5.74) is 0. The lowest BCUT2D eigenvalue weighted by Crippen LogP contribution is -2.41. The minimum Gasteiger partial charge on any atom is -0.449 e. The van der Waals surface area contributed by atoms with Crippen LogP contribution in [0, 0.1) is 0 Å². The lowest BCUT2D eigenvalue weighted by molar-refractivity contribution is -0.177. The average molecular weight is 476 g/mol. The molecule has 10 nitrogen and oxygen atoms in total. The number of carbonyl (C=O) groups excluding carboxylic acids is 3. The van der Waals surface area contributed by atoms with Crippen molar-refractivity contribution in [3.63, 3.8) is 0 Å². The number of rotatable bonds is 14. The van der Waals surface area contributed by atoms with Crippen LogP contribution in [0.3, 0.4) is 0 Å². The minimum absolute atomic E-state index is 0.000160. The quantitative estimate of drug-likeness (QED) is 0.278. The van der Waals surface area contributed by atoms with E-state index < -0.39 is 68.6 Å². The van der Waals surface area contributed by atoms with Gasteiger partial charge in [0.2, 0.25) is 0 Å². The van der Waals surface area contributed by atoms with Crippen molar-refractivity contribution in [3.05, 3.63) is 0 Å². The van der Waals surface area contributed by atoms with Crippen LogP contribution in [0.25, 0.3) is 0 Å². The Hall–Kier alpha value is -1.18. The van der Waals surface area contributed by atoms with Crippen LogP contribution in [-0.4, -0.2) is 97.0 Å². The smallest absolute Gasteiger partial charge is 0.348 e. The SMILES string of the molecule is CNC(=O)C(CCS(C)=O)OC(=O)C(CCS(C)=O)OC(=O)C(O)CCS(C)=O. The van der Waals surface area contributed by atoms with Gasteiger partial charge in [0.05, 0.1) is 0 Å². The summed E-state index contributed by atoms with van der Waals surface area (Å²) in [6, 6.07) is 0. The van der Waals surface area contributed by atoms with Crippen molar-refractivity contribution in [1.82, 2.24) is 5.32 Å². The lowest BCUT2D eigenvalue weighted by Gasteiger charge is -2.22. The Kier molecular flexibility index (Phi) is 14.1. The molecule has 0 radical (unpaired) electrons. The van der Waals surface area contributed by atoms with E-state index in [0.717, 1.165) is 0 Å². The first-order valence-corrected chi connectivity index (χ1v) is 13.9. The van der Waals surface area contributed by atoms with E-state index in [0.29, 0.717) is 0 Å². The standard InChI is InChI=1S/C16H29NO9S3/c1-17-14(19)12(6-9-28(3)23)25-16(21)13(7-10-29(4)24)26-15(20)11(18)5-8-27(2)22/h11-13,18H,5-10H2,1-4H3,(H,17,19). The van der Waals surface area contributed by atoms with E-state index in [1.165, 1.54) is 25.8 Å². The van der Waals surface area contributed by atoms with E-state index in [2.05, 4.69) is 5.32 Å². The summed E-state index contributed by atoms with van der Waals surface area (Å²) in [7, 11) is -2.39. The zero-order chi connectivity index (χ0) is 22.6. The van der Waals surface area contributed by atoms with Crippen LogP contribution in [0.5, 0.6) is 0 Å². The molecule has 0 aliphatic carbocycles. The zero-order valence-electron chi connectivity index (χ0n) is 16.9. The summed E-state index contributed by atoms with van der Waals surface area (Å²) >= 11 is 0. The molecule has 0 saturated heterocycles. The van der Waals surface area contributed by atoms with Gasteiger partial charge in [-0.1, -0.05) is 0 Å². The Labute approximate surface area is 177 Å². The maximum absolute atomic E-state index is 12.5. The number of esters is 2. The molecule has 6 unspecified atom stereocenters. The molecule has 0 rings (SSSR count). The van der Waals surface area contributed by atoms with E-state index >= 15 is 0 Å². The Morgan fingerprint density at radius 3 is 1.66 bits per heavy atom. The number of ether oxygens (including phenoxy) is 2. The molecular weight excluding hydrogens is 446 g/mol. The van der Waals surface area contributed by atoms with Gasteiger partial charge in [-0.3, -0.25) is 17.4 Å². The molecule has 29 heavy (non-hydrogen) atoms. The molecule has 0 fully saturated rings. The Morgan fingerprint density at radius 2 is 1.21 bits per heavy atom. The molecule has 2 N–H and O–H groups in total. The monoisotopic (exact) mass is 475 g/mol. The van der Waals surface area contributed by atoms with Crippen LogP contribution in [0.4, 0.5) is 0 Å². The number of nitrogens with one attached hydrogen (secondary N) is 1. The summed E-state index contributed by atoms with van der Waals surface area (Å²) in [4.78, 5) is 36.4. The molecular formula is C16H29NO9S3. The third kappa shape index (κ3) is 12.9. The number of hydrogen-bond acceptors (Lipinski definition) is 9. The van der Waals surface area contributed by atoms with Gasteiger partial charge < -0.3 is 19.9 Å². The van der Waals surface area contributed by atoms with Crippen LogP contribution in [0.1, 0.15) is 19.3 Å².